The molecule has 0 spiro atoms. The Morgan fingerprint density at radius 1 is 0.644 bits per heavy atom. The number of likely N-dealkylation sites (N-methyl/N-ethyl adjacent to an activating group) is 2. The lowest BCUT2D eigenvalue weighted by molar-refractivity contribution is -0.932. The van der Waals surface area contributed by atoms with Gasteiger partial charge >= 0.3 is 0 Å². The van der Waals surface area contributed by atoms with Gasteiger partial charge in [0.1, 0.15) is 5.76 Å². The molecule has 2 aliphatic carbocycles. The Hall–Kier alpha value is -6.13. The predicted octanol–water partition coefficient (Wildman–Crippen LogP) is 7.91. The third kappa shape index (κ3) is 6.23. The number of anilines is 1. The Kier molecular flexibility index (Phi) is 9.70. The van der Waals surface area contributed by atoms with E-state index in [1.807, 2.05) is 91.9 Å². The number of carbonyl (C=O) groups excluding carboxylic acids is 5. The zero-order valence-electron chi connectivity index (χ0n) is 33.8. The van der Waals surface area contributed by atoms with E-state index in [9.17, 15) is 29.1 Å². The largest absolute Gasteiger partial charge is 0.511 e. The maximum atomic E-state index is 13.7. The first kappa shape index (κ1) is 38.4. The van der Waals surface area contributed by atoms with Gasteiger partial charge in [-0.25, -0.2) is 0 Å². The summed E-state index contributed by atoms with van der Waals surface area (Å²) < 4.78 is 0.720. The number of Topliss-reactive ketones (excluding diaryl/α,β-unsaturated/α-hetero) is 1. The van der Waals surface area contributed by atoms with E-state index < -0.39 is 5.92 Å². The molecule has 10 nitrogen and oxygen atoms in total. The van der Waals surface area contributed by atoms with Crippen molar-refractivity contribution in [3.05, 3.63) is 131 Å². The zero-order valence-corrected chi connectivity index (χ0v) is 33.8. The van der Waals surface area contributed by atoms with Crippen LogP contribution in [-0.2, 0) is 4.79 Å². The number of ketones is 1. The van der Waals surface area contributed by atoms with Crippen LogP contribution in [0, 0.1) is 11.8 Å². The molecule has 0 saturated heterocycles. The van der Waals surface area contributed by atoms with E-state index in [4.69, 9.17) is 0 Å². The fourth-order valence-electron chi connectivity index (χ4n) is 10.3. The number of carbonyl (C=O) groups is 5. The van der Waals surface area contributed by atoms with Crippen molar-refractivity contribution in [1.29, 1.82) is 0 Å². The average molecular weight is 790 g/mol. The minimum Gasteiger partial charge on any atom is -0.511 e. The number of imide groups is 2. The van der Waals surface area contributed by atoms with Gasteiger partial charge in [0.15, 0.2) is 5.78 Å². The summed E-state index contributed by atoms with van der Waals surface area (Å²) in [4.78, 5) is 72.6. The topological polar surface area (TPSA) is 115 Å². The second-order valence-electron chi connectivity index (χ2n) is 16.8. The number of hydrogen-bond donors (Lipinski definition) is 1. The lowest BCUT2D eigenvalue weighted by Crippen LogP contribution is -2.57. The van der Waals surface area contributed by atoms with E-state index in [0.717, 1.165) is 58.6 Å². The number of aliphatic hydroxyl groups is 1. The molecule has 2 aliphatic heterocycles. The maximum Gasteiger partial charge on any atom is 0.261 e. The summed E-state index contributed by atoms with van der Waals surface area (Å²) in [7, 11) is 2.21. The Morgan fingerprint density at radius 3 is 1.56 bits per heavy atom. The molecule has 1 N–H and O–H groups in total. The molecule has 4 amide bonds. The minimum absolute atomic E-state index is 0.0198. The van der Waals surface area contributed by atoms with E-state index in [-0.39, 0.29) is 47.6 Å². The number of allylic oxidation sites excluding steroid dienone is 2. The van der Waals surface area contributed by atoms with Crippen molar-refractivity contribution >= 4 is 62.2 Å². The summed E-state index contributed by atoms with van der Waals surface area (Å²) >= 11 is 0. The third-order valence-corrected chi connectivity index (χ3v) is 13.9. The van der Waals surface area contributed by atoms with Crippen LogP contribution in [0.2, 0.25) is 0 Å². The first-order chi connectivity index (χ1) is 28.5. The van der Waals surface area contributed by atoms with Gasteiger partial charge in [0.05, 0.1) is 44.2 Å². The summed E-state index contributed by atoms with van der Waals surface area (Å²) in [6.07, 6.45) is 3.42. The molecule has 0 bridgehead atoms. The molecule has 300 valence electrons. The summed E-state index contributed by atoms with van der Waals surface area (Å²) in [5.41, 5.74) is 4.19. The molecule has 1 fully saturated rings. The number of amides is 4. The molecule has 1 saturated carbocycles. The van der Waals surface area contributed by atoms with Crippen LogP contribution in [0.3, 0.4) is 0 Å². The monoisotopic (exact) mass is 789 g/mol. The number of hydrogen-bond acceptors (Lipinski definition) is 7. The molecule has 10 heteroatoms. The molecular formula is C49H49N4O6+. The van der Waals surface area contributed by atoms with Crippen molar-refractivity contribution in [3.63, 3.8) is 0 Å². The van der Waals surface area contributed by atoms with Crippen molar-refractivity contribution in [2.45, 2.75) is 45.6 Å². The highest BCUT2D eigenvalue weighted by molar-refractivity contribution is 6.30. The van der Waals surface area contributed by atoms with Crippen molar-refractivity contribution in [1.82, 2.24) is 9.80 Å². The van der Waals surface area contributed by atoms with Gasteiger partial charge in [-0.1, -0.05) is 60.7 Å². The van der Waals surface area contributed by atoms with Crippen LogP contribution in [0.4, 0.5) is 5.69 Å². The normalized spacial score (nSPS) is 21.3. The summed E-state index contributed by atoms with van der Waals surface area (Å²) in [5.74, 6) is -1.34. The number of rotatable bonds is 12. The average Bonchev–Trinajstić information content (AvgIpc) is 3.26. The number of quaternary nitrogens is 1. The van der Waals surface area contributed by atoms with Crippen molar-refractivity contribution in [3.8, 4) is 0 Å². The van der Waals surface area contributed by atoms with E-state index >= 15 is 0 Å². The second-order valence-corrected chi connectivity index (χ2v) is 16.8. The fourth-order valence-corrected chi connectivity index (χ4v) is 10.3. The first-order valence-corrected chi connectivity index (χ1v) is 21.0. The third-order valence-electron chi connectivity index (χ3n) is 13.9. The minimum atomic E-state index is -0.500. The summed E-state index contributed by atoms with van der Waals surface area (Å²) in [6, 6.07) is 30.2. The standard InChI is InChI=1S/C49H48N4O6/c1-4-50(26-27-51-46(56)36-14-6-10-30-11-7-15-37(40(30)36)47(51)57)34-22-18-32(19-23-34)42-44(54)43(45(42)55)33-20-24-35(25-21-33)53(3,5-2)29-28-52-48(58)38-16-8-12-31-13-9-17-39(41(31)38)49(52)59/h6-19,22-23,33,35,43H,4-5,20-21,24-29H2,1-3H3/p+1. The molecular weight excluding hydrogens is 741 g/mol. The highest BCUT2D eigenvalue weighted by atomic mass is 16.3. The smallest absolute Gasteiger partial charge is 0.261 e. The number of aliphatic hydroxyl groups excluding tert-OH is 1. The van der Waals surface area contributed by atoms with Crippen molar-refractivity contribution < 1.29 is 33.6 Å². The Bertz CT molecular complexity index is 2510. The van der Waals surface area contributed by atoms with Gasteiger partial charge in [-0.2, -0.15) is 0 Å². The molecule has 0 radical (unpaired) electrons. The fraction of sp³-hybridized carbons (Fsp3) is 0.327. The lowest BCUT2D eigenvalue weighted by atomic mass is 9.67. The Labute approximate surface area is 343 Å². The highest BCUT2D eigenvalue weighted by Crippen LogP contribution is 2.46. The van der Waals surface area contributed by atoms with E-state index in [0.29, 0.717) is 71.0 Å². The van der Waals surface area contributed by atoms with Crippen LogP contribution in [-0.4, -0.2) is 101 Å². The van der Waals surface area contributed by atoms with Crippen LogP contribution < -0.4 is 4.90 Å². The van der Waals surface area contributed by atoms with E-state index in [2.05, 4.69) is 18.9 Å². The second kappa shape index (κ2) is 14.9. The highest BCUT2D eigenvalue weighted by Gasteiger charge is 2.48. The van der Waals surface area contributed by atoms with Crippen LogP contribution >= 0.6 is 0 Å². The van der Waals surface area contributed by atoms with Gasteiger partial charge in [-0.15, -0.1) is 0 Å². The predicted molar refractivity (Wildman–Crippen MR) is 228 cm³/mol. The van der Waals surface area contributed by atoms with Gasteiger partial charge in [-0.05, 0) is 98.2 Å². The molecule has 4 aliphatic rings. The quantitative estimate of drug-likeness (QED) is 0.101. The van der Waals surface area contributed by atoms with E-state index in [1.165, 1.54) is 9.80 Å². The molecule has 9 rings (SSSR count). The molecule has 5 aromatic carbocycles. The Morgan fingerprint density at radius 2 is 1.12 bits per heavy atom. The van der Waals surface area contributed by atoms with Gasteiger partial charge in [0, 0.05) is 58.3 Å². The maximum absolute atomic E-state index is 13.7. The van der Waals surface area contributed by atoms with Crippen LogP contribution in [0.1, 0.15) is 86.5 Å². The van der Waals surface area contributed by atoms with Crippen molar-refractivity contribution in [2.75, 3.05) is 51.2 Å². The van der Waals surface area contributed by atoms with Crippen molar-refractivity contribution in [2.24, 2.45) is 11.8 Å². The van der Waals surface area contributed by atoms with Gasteiger partial charge in [0.2, 0.25) is 0 Å². The zero-order chi connectivity index (χ0) is 41.2. The first-order valence-electron chi connectivity index (χ1n) is 21.0. The van der Waals surface area contributed by atoms with Gasteiger partial charge < -0.3 is 14.5 Å². The van der Waals surface area contributed by atoms with Gasteiger partial charge in [-0.3, -0.25) is 33.8 Å². The van der Waals surface area contributed by atoms with E-state index in [1.54, 1.807) is 12.1 Å². The molecule has 5 aromatic rings. The Balaban J connectivity index is 0.814. The van der Waals surface area contributed by atoms with Gasteiger partial charge in [0.25, 0.3) is 23.6 Å². The SMILES string of the molecule is CCN(CCN1C(=O)c2cccc3cccc(c23)C1=O)c1ccc(C2=C(O)C(C3CCC([N+](C)(CC)CCN4C(=O)c5cccc6cccc(c56)C4=O)CC3)C2=O)cc1. The number of benzene rings is 5. The molecule has 2 unspecified atom stereocenters. The van der Waals surface area contributed by atoms with Crippen LogP contribution in [0.5, 0.6) is 0 Å². The molecule has 2 heterocycles. The molecule has 2 atom stereocenters. The summed E-state index contributed by atoms with van der Waals surface area (Å²) in [6.45, 7) is 7.31. The number of nitrogens with zero attached hydrogens (tertiary/aromatic N) is 4. The summed E-state index contributed by atoms with van der Waals surface area (Å²) in [5, 5.41) is 14.6. The lowest BCUT2D eigenvalue weighted by Gasteiger charge is -2.46. The molecule has 59 heavy (non-hydrogen) atoms. The molecule has 0 aromatic heterocycles. The van der Waals surface area contributed by atoms with Crippen LogP contribution in [0.15, 0.2) is 103 Å². The van der Waals surface area contributed by atoms with Crippen LogP contribution in [0.25, 0.3) is 27.1 Å².